The molecule has 4 rings (SSSR count). The monoisotopic (exact) mass is 415 g/mol. The first kappa shape index (κ1) is 18.4. The summed E-state index contributed by atoms with van der Waals surface area (Å²) in [5.41, 5.74) is 1.51. The number of anilines is 1. The Labute approximate surface area is 167 Å². The Bertz CT molecular complexity index is 1130. The predicted molar refractivity (Wildman–Crippen MR) is 107 cm³/mol. The first-order valence-corrected chi connectivity index (χ1v) is 9.96. The molecule has 4 aromatic rings. The molecule has 2 aromatic carbocycles. The molecule has 2 aromatic heterocycles. The van der Waals surface area contributed by atoms with Crippen molar-refractivity contribution in [1.82, 2.24) is 20.2 Å². The van der Waals surface area contributed by atoms with Gasteiger partial charge in [0, 0.05) is 5.56 Å². The second-order valence-corrected chi connectivity index (χ2v) is 7.64. The van der Waals surface area contributed by atoms with E-state index in [9.17, 15) is 9.18 Å². The van der Waals surface area contributed by atoms with Crippen LogP contribution in [0.15, 0.2) is 47.6 Å². The third-order valence-electron chi connectivity index (χ3n) is 3.76. The molecule has 2 N–H and O–H groups in total. The lowest BCUT2D eigenvalue weighted by Crippen LogP contribution is -2.13. The average Bonchev–Trinajstić information content (AvgIpc) is 3.32. The van der Waals surface area contributed by atoms with Gasteiger partial charge in [-0.25, -0.2) is 14.4 Å². The molecule has 0 spiro atoms. The van der Waals surface area contributed by atoms with Crippen LogP contribution in [0.2, 0.25) is 0 Å². The molecular formula is C18H14FN5O2S2. The van der Waals surface area contributed by atoms with Crippen LogP contribution in [0.3, 0.4) is 0 Å². The van der Waals surface area contributed by atoms with Crippen molar-refractivity contribution >= 4 is 44.4 Å². The summed E-state index contributed by atoms with van der Waals surface area (Å²) in [7, 11) is 1.61. The highest BCUT2D eigenvalue weighted by Gasteiger charge is 2.12. The Morgan fingerprint density at radius 2 is 2.07 bits per heavy atom. The number of methoxy groups -OCH3 is 1. The van der Waals surface area contributed by atoms with Gasteiger partial charge in [-0.15, -0.1) is 5.10 Å². The van der Waals surface area contributed by atoms with Gasteiger partial charge in [0.25, 0.3) is 0 Å². The fraction of sp³-hybridized carbons (Fsp3) is 0.111. The summed E-state index contributed by atoms with van der Waals surface area (Å²) in [6.07, 6.45) is 0. The first-order valence-electron chi connectivity index (χ1n) is 8.16. The number of benzene rings is 2. The third kappa shape index (κ3) is 4.12. The molecular weight excluding hydrogens is 401 g/mol. The lowest BCUT2D eigenvalue weighted by atomic mass is 10.2. The number of carbonyl (C=O) groups excluding carboxylic acids is 1. The van der Waals surface area contributed by atoms with Crippen molar-refractivity contribution in [2.24, 2.45) is 0 Å². The van der Waals surface area contributed by atoms with Crippen LogP contribution in [0.25, 0.3) is 21.6 Å². The van der Waals surface area contributed by atoms with Crippen LogP contribution in [0.4, 0.5) is 9.52 Å². The van der Waals surface area contributed by atoms with Crippen molar-refractivity contribution in [3.05, 3.63) is 48.3 Å². The standard InChI is InChI=1S/C18H14FN5O2S2/c1-26-12-5-2-10(3-6-12)16-22-18(24-23-16)27-9-15(25)21-17-20-13-7-4-11(19)8-14(13)28-17/h2-8H,9H2,1H3,(H,20,21,25)(H,22,23,24). The number of rotatable bonds is 6. The number of aromatic amines is 1. The van der Waals surface area contributed by atoms with E-state index in [1.807, 2.05) is 24.3 Å². The van der Waals surface area contributed by atoms with E-state index in [-0.39, 0.29) is 17.5 Å². The Balaban J connectivity index is 1.36. The molecule has 0 radical (unpaired) electrons. The second kappa shape index (κ2) is 7.95. The highest BCUT2D eigenvalue weighted by atomic mass is 32.2. The molecule has 1 amide bonds. The maximum Gasteiger partial charge on any atom is 0.236 e. The van der Waals surface area contributed by atoms with Gasteiger partial charge >= 0.3 is 0 Å². The number of aromatic nitrogens is 4. The Hall–Kier alpha value is -2.98. The SMILES string of the molecule is COc1ccc(-c2nc(SCC(=O)Nc3nc4ccc(F)cc4s3)n[nH]2)cc1. The summed E-state index contributed by atoms with van der Waals surface area (Å²) < 4.78 is 19.1. The normalized spacial score (nSPS) is 10.9. The maximum absolute atomic E-state index is 13.2. The van der Waals surface area contributed by atoms with Crippen molar-refractivity contribution in [2.45, 2.75) is 5.16 Å². The number of thiazole rings is 1. The van der Waals surface area contributed by atoms with E-state index >= 15 is 0 Å². The highest BCUT2D eigenvalue weighted by molar-refractivity contribution is 7.99. The number of halogens is 1. The number of fused-ring (bicyclic) bond motifs is 1. The van der Waals surface area contributed by atoms with Crippen LogP contribution in [0, 0.1) is 5.82 Å². The smallest absolute Gasteiger partial charge is 0.236 e. The first-order chi connectivity index (χ1) is 13.6. The molecule has 142 valence electrons. The van der Waals surface area contributed by atoms with Crippen molar-refractivity contribution in [3.63, 3.8) is 0 Å². The second-order valence-electron chi connectivity index (χ2n) is 5.66. The Morgan fingerprint density at radius 1 is 1.25 bits per heavy atom. The van der Waals surface area contributed by atoms with Crippen LogP contribution < -0.4 is 10.1 Å². The van der Waals surface area contributed by atoms with E-state index < -0.39 is 0 Å². The molecule has 0 aliphatic heterocycles. The van der Waals surface area contributed by atoms with Crippen LogP contribution in [-0.2, 0) is 4.79 Å². The van der Waals surface area contributed by atoms with Gasteiger partial charge in [-0.05, 0) is 42.5 Å². The molecule has 0 saturated carbocycles. The molecule has 0 aliphatic carbocycles. The number of carbonyl (C=O) groups is 1. The molecule has 0 fully saturated rings. The Morgan fingerprint density at radius 3 is 2.86 bits per heavy atom. The molecule has 0 atom stereocenters. The summed E-state index contributed by atoms with van der Waals surface area (Å²) in [4.78, 5) is 20.8. The molecule has 0 aliphatic rings. The molecule has 7 nitrogen and oxygen atoms in total. The van der Waals surface area contributed by atoms with Crippen LogP contribution in [-0.4, -0.2) is 38.9 Å². The average molecular weight is 415 g/mol. The van der Waals surface area contributed by atoms with Gasteiger partial charge in [0.15, 0.2) is 11.0 Å². The van der Waals surface area contributed by atoms with E-state index in [1.54, 1.807) is 13.2 Å². The lowest BCUT2D eigenvalue weighted by molar-refractivity contribution is -0.113. The van der Waals surface area contributed by atoms with E-state index in [2.05, 4.69) is 25.5 Å². The molecule has 0 saturated heterocycles. The van der Waals surface area contributed by atoms with E-state index in [1.165, 1.54) is 35.2 Å². The summed E-state index contributed by atoms with van der Waals surface area (Å²) in [5.74, 6) is 0.928. The summed E-state index contributed by atoms with van der Waals surface area (Å²) in [6.45, 7) is 0. The zero-order valence-electron chi connectivity index (χ0n) is 14.6. The van der Waals surface area contributed by atoms with Crippen LogP contribution in [0.5, 0.6) is 5.75 Å². The van der Waals surface area contributed by atoms with Crippen molar-refractivity contribution in [3.8, 4) is 17.1 Å². The maximum atomic E-state index is 13.2. The van der Waals surface area contributed by atoms with Gasteiger partial charge in [0.05, 0.1) is 23.1 Å². The van der Waals surface area contributed by atoms with E-state index in [0.717, 1.165) is 11.3 Å². The van der Waals surface area contributed by atoms with E-state index in [0.29, 0.717) is 26.3 Å². The topological polar surface area (TPSA) is 92.8 Å². The summed E-state index contributed by atoms with van der Waals surface area (Å²) >= 11 is 2.43. The molecule has 10 heteroatoms. The zero-order chi connectivity index (χ0) is 19.5. The number of hydrogen-bond acceptors (Lipinski definition) is 7. The van der Waals surface area contributed by atoms with Crippen LogP contribution >= 0.6 is 23.1 Å². The lowest BCUT2D eigenvalue weighted by Gasteiger charge is -2.00. The third-order valence-corrected chi connectivity index (χ3v) is 5.54. The zero-order valence-corrected chi connectivity index (χ0v) is 16.2. The fourth-order valence-electron chi connectivity index (χ4n) is 2.43. The van der Waals surface area contributed by atoms with Crippen molar-refractivity contribution in [2.75, 3.05) is 18.2 Å². The Kier molecular flexibility index (Phi) is 5.22. The van der Waals surface area contributed by atoms with Gasteiger partial charge in [-0.1, -0.05) is 23.1 Å². The number of H-pyrrole nitrogens is 1. The van der Waals surface area contributed by atoms with Crippen molar-refractivity contribution < 1.29 is 13.9 Å². The van der Waals surface area contributed by atoms with Crippen molar-refractivity contribution in [1.29, 1.82) is 0 Å². The van der Waals surface area contributed by atoms with Crippen LogP contribution in [0.1, 0.15) is 0 Å². The quantitative estimate of drug-likeness (QED) is 0.463. The number of hydrogen-bond donors (Lipinski definition) is 2. The number of nitrogens with zero attached hydrogens (tertiary/aromatic N) is 3. The van der Waals surface area contributed by atoms with Gasteiger partial charge < -0.3 is 10.1 Å². The minimum absolute atomic E-state index is 0.129. The molecule has 2 heterocycles. The summed E-state index contributed by atoms with van der Waals surface area (Å²) in [6, 6.07) is 11.7. The minimum Gasteiger partial charge on any atom is -0.497 e. The number of amides is 1. The van der Waals surface area contributed by atoms with Gasteiger partial charge in [-0.3, -0.25) is 9.89 Å². The number of thioether (sulfide) groups is 1. The largest absolute Gasteiger partial charge is 0.497 e. The fourth-order valence-corrected chi connectivity index (χ4v) is 3.93. The minimum atomic E-state index is -0.332. The van der Waals surface area contributed by atoms with Gasteiger partial charge in [0.1, 0.15) is 11.6 Å². The van der Waals surface area contributed by atoms with Gasteiger partial charge in [0.2, 0.25) is 11.1 Å². The molecule has 0 bridgehead atoms. The highest BCUT2D eigenvalue weighted by Crippen LogP contribution is 2.27. The van der Waals surface area contributed by atoms with Gasteiger partial charge in [-0.2, -0.15) is 0 Å². The summed E-state index contributed by atoms with van der Waals surface area (Å²) in [5, 5.41) is 10.6. The number of ether oxygens (including phenoxy) is 1. The predicted octanol–water partition coefficient (Wildman–Crippen LogP) is 3.96. The molecule has 28 heavy (non-hydrogen) atoms. The molecule has 0 unspecified atom stereocenters. The van der Waals surface area contributed by atoms with E-state index in [4.69, 9.17) is 4.74 Å². The number of nitrogens with one attached hydrogen (secondary N) is 2.